The van der Waals surface area contributed by atoms with Crippen molar-refractivity contribution >= 4 is 16.5 Å². The van der Waals surface area contributed by atoms with E-state index in [0.717, 1.165) is 23.7 Å². The van der Waals surface area contributed by atoms with Gasteiger partial charge in [0.15, 0.2) is 5.13 Å². The minimum Gasteiger partial charge on any atom is -0.354 e. The third-order valence-electron chi connectivity index (χ3n) is 3.77. The van der Waals surface area contributed by atoms with Crippen LogP contribution in [0.25, 0.3) is 0 Å². The van der Waals surface area contributed by atoms with E-state index in [4.69, 9.17) is 5.73 Å². The highest BCUT2D eigenvalue weighted by molar-refractivity contribution is 7.15. The normalized spacial score (nSPS) is 18.6. The van der Waals surface area contributed by atoms with Gasteiger partial charge in [-0.2, -0.15) is 0 Å². The molecule has 1 aromatic heterocycles. The van der Waals surface area contributed by atoms with Crippen molar-refractivity contribution in [2.75, 3.05) is 19.0 Å². The van der Waals surface area contributed by atoms with E-state index in [1.165, 1.54) is 4.88 Å². The van der Waals surface area contributed by atoms with Crippen LogP contribution in [-0.4, -0.2) is 24.6 Å². The third-order valence-corrected chi connectivity index (χ3v) is 5.42. The monoisotopic (exact) mass is 239 g/mol. The second-order valence-electron chi connectivity index (χ2n) is 5.59. The molecule has 0 aromatic carbocycles. The smallest absolute Gasteiger partial charge is 0.185 e. The zero-order valence-corrected chi connectivity index (χ0v) is 11.6. The van der Waals surface area contributed by atoms with Crippen molar-refractivity contribution in [3.8, 4) is 0 Å². The van der Waals surface area contributed by atoms with Crippen molar-refractivity contribution < 1.29 is 0 Å². The lowest BCUT2D eigenvalue weighted by Crippen LogP contribution is -2.43. The SMILES string of the molecule is Cc1nc(N(C)C)sc1C(C)(C)C1(N)CC1. The lowest BCUT2D eigenvalue weighted by atomic mass is 9.80. The van der Waals surface area contributed by atoms with Crippen molar-refractivity contribution in [3.63, 3.8) is 0 Å². The van der Waals surface area contributed by atoms with E-state index in [1.54, 1.807) is 11.3 Å². The Bertz CT molecular complexity index is 402. The van der Waals surface area contributed by atoms with E-state index in [2.05, 4.69) is 30.7 Å². The Morgan fingerprint density at radius 1 is 1.38 bits per heavy atom. The van der Waals surface area contributed by atoms with Crippen LogP contribution in [0, 0.1) is 6.92 Å². The van der Waals surface area contributed by atoms with Crippen LogP contribution < -0.4 is 10.6 Å². The summed E-state index contributed by atoms with van der Waals surface area (Å²) in [7, 11) is 4.06. The number of nitrogens with zero attached hydrogens (tertiary/aromatic N) is 2. The van der Waals surface area contributed by atoms with Gasteiger partial charge in [-0.1, -0.05) is 13.8 Å². The van der Waals surface area contributed by atoms with Crippen LogP contribution in [0.5, 0.6) is 0 Å². The number of aryl methyl sites for hydroxylation is 1. The molecule has 1 aliphatic carbocycles. The van der Waals surface area contributed by atoms with Gasteiger partial charge in [0.05, 0.1) is 5.69 Å². The Labute approximate surface area is 102 Å². The third kappa shape index (κ3) is 1.64. The van der Waals surface area contributed by atoms with E-state index in [0.29, 0.717) is 0 Å². The van der Waals surface area contributed by atoms with Crippen molar-refractivity contribution in [1.82, 2.24) is 4.98 Å². The highest BCUT2D eigenvalue weighted by atomic mass is 32.1. The van der Waals surface area contributed by atoms with Crippen LogP contribution in [0.2, 0.25) is 0 Å². The van der Waals surface area contributed by atoms with Gasteiger partial charge in [-0.25, -0.2) is 4.98 Å². The van der Waals surface area contributed by atoms with Crippen LogP contribution in [0.1, 0.15) is 37.3 Å². The minimum absolute atomic E-state index is 0.00608. The molecule has 0 aliphatic heterocycles. The first-order chi connectivity index (χ1) is 7.28. The van der Waals surface area contributed by atoms with Crippen LogP contribution in [0.3, 0.4) is 0 Å². The fraction of sp³-hybridized carbons (Fsp3) is 0.750. The molecule has 90 valence electrons. The lowest BCUT2D eigenvalue weighted by Gasteiger charge is -2.31. The second kappa shape index (κ2) is 3.44. The summed E-state index contributed by atoms with van der Waals surface area (Å²) in [5.74, 6) is 0. The van der Waals surface area contributed by atoms with Gasteiger partial charge < -0.3 is 10.6 Å². The molecule has 1 heterocycles. The van der Waals surface area contributed by atoms with Gasteiger partial charge in [0, 0.05) is 29.9 Å². The maximum absolute atomic E-state index is 6.38. The Hall–Kier alpha value is -0.610. The maximum atomic E-state index is 6.38. The quantitative estimate of drug-likeness (QED) is 0.880. The van der Waals surface area contributed by atoms with Gasteiger partial charge in [0.2, 0.25) is 0 Å². The highest BCUT2D eigenvalue weighted by Crippen LogP contribution is 2.51. The standard InChI is InChI=1S/C12H21N3S/c1-8-9(16-10(14-8)15(4)5)11(2,3)12(13)6-7-12/h6-7,13H2,1-5H3. The molecule has 1 aromatic rings. The zero-order chi connectivity index (χ0) is 12.1. The fourth-order valence-electron chi connectivity index (χ4n) is 2.14. The van der Waals surface area contributed by atoms with Gasteiger partial charge in [-0.05, 0) is 19.8 Å². The fourth-order valence-corrected chi connectivity index (χ4v) is 3.34. The molecule has 1 saturated carbocycles. The van der Waals surface area contributed by atoms with E-state index in [9.17, 15) is 0 Å². The number of anilines is 1. The number of hydrogen-bond acceptors (Lipinski definition) is 4. The summed E-state index contributed by atoms with van der Waals surface area (Å²) in [4.78, 5) is 8.01. The van der Waals surface area contributed by atoms with Crippen LogP contribution >= 0.6 is 11.3 Å². The van der Waals surface area contributed by atoms with Gasteiger partial charge >= 0.3 is 0 Å². The topological polar surface area (TPSA) is 42.2 Å². The maximum Gasteiger partial charge on any atom is 0.185 e. The number of thiazole rings is 1. The van der Waals surface area contributed by atoms with Crippen LogP contribution in [0.4, 0.5) is 5.13 Å². The predicted molar refractivity (Wildman–Crippen MR) is 70.4 cm³/mol. The number of hydrogen-bond donors (Lipinski definition) is 1. The molecule has 2 N–H and O–H groups in total. The number of nitrogens with two attached hydrogens (primary N) is 1. The summed E-state index contributed by atoms with van der Waals surface area (Å²) in [6.45, 7) is 6.59. The van der Waals surface area contributed by atoms with Gasteiger partial charge in [-0.3, -0.25) is 0 Å². The summed E-state index contributed by atoms with van der Waals surface area (Å²) in [5, 5.41) is 1.07. The molecule has 3 nitrogen and oxygen atoms in total. The van der Waals surface area contributed by atoms with E-state index in [1.807, 2.05) is 14.1 Å². The molecule has 16 heavy (non-hydrogen) atoms. The Morgan fingerprint density at radius 2 is 1.94 bits per heavy atom. The average molecular weight is 239 g/mol. The molecule has 1 fully saturated rings. The minimum atomic E-state index is -0.00608. The summed E-state index contributed by atoms with van der Waals surface area (Å²) in [5.41, 5.74) is 7.55. The summed E-state index contributed by atoms with van der Waals surface area (Å²) in [6, 6.07) is 0. The van der Waals surface area contributed by atoms with Crippen molar-refractivity contribution in [3.05, 3.63) is 10.6 Å². The summed E-state index contributed by atoms with van der Waals surface area (Å²) in [6.07, 6.45) is 2.27. The van der Waals surface area contributed by atoms with Gasteiger partial charge in [0.25, 0.3) is 0 Å². The molecular formula is C12H21N3S. The van der Waals surface area contributed by atoms with Crippen LogP contribution in [0.15, 0.2) is 0 Å². The molecule has 0 unspecified atom stereocenters. The molecule has 0 amide bonds. The molecule has 2 rings (SSSR count). The highest BCUT2D eigenvalue weighted by Gasteiger charge is 2.53. The largest absolute Gasteiger partial charge is 0.354 e. The molecule has 0 atom stereocenters. The second-order valence-corrected chi connectivity index (χ2v) is 6.56. The van der Waals surface area contributed by atoms with Gasteiger partial charge in [0.1, 0.15) is 0 Å². The van der Waals surface area contributed by atoms with E-state index < -0.39 is 0 Å². The first-order valence-electron chi connectivity index (χ1n) is 5.72. The first-order valence-corrected chi connectivity index (χ1v) is 6.54. The predicted octanol–water partition coefficient (Wildman–Crippen LogP) is 2.29. The molecule has 0 spiro atoms. The Kier molecular flexibility index (Phi) is 2.55. The van der Waals surface area contributed by atoms with Crippen molar-refractivity contribution in [1.29, 1.82) is 0 Å². The molecule has 0 bridgehead atoms. The molecule has 1 aliphatic rings. The zero-order valence-electron chi connectivity index (χ0n) is 10.8. The summed E-state index contributed by atoms with van der Waals surface area (Å²) < 4.78 is 0. The van der Waals surface area contributed by atoms with Gasteiger partial charge in [-0.15, -0.1) is 11.3 Å². The first kappa shape index (κ1) is 11.9. The van der Waals surface area contributed by atoms with E-state index >= 15 is 0 Å². The van der Waals surface area contributed by atoms with Crippen LogP contribution in [-0.2, 0) is 5.41 Å². The number of aromatic nitrogens is 1. The molecule has 0 radical (unpaired) electrons. The summed E-state index contributed by atoms with van der Waals surface area (Å²) >= 11 is 1.78. The lowest BCUT2D eigenvalue weighted by molar-refractivity contribution is 0.396. The average Bonchev–Trinajstić information content (AvgIpc) is 2.78. The van der Waals surface area contributed by atoms with E-state index in [-0.39, 0.29) is 11.0 Å². The molecular weight excluding hydrogens is 218 g/mol. The number of rotatable bonds is 3. The Morgan fingerprint density at radius 3 is 2.31 bits per heavy atom. The molecule has 4 heteroatoms. The Balaban J connectivity index is 2.40. The van der Waals surface area contributed by atoms with Crippen molar-refractivity contribution in [2.45, 2.75) is 44.6 Å². The molecule has 0 saturated heterocycles. The van der Waals surface area contributed by atoms with Crippen molar-refractivity contribution in [2.24, 2.45) is 5.73 Å².